The van der Waals surface area contributed by atoms with E-state index in [4.69, 9.17) is 9.84 Å². The Morgan fingerprint density at radius 2 is 1.76 bits per heavy atom. The average Bonchev–Trinajstić information content (AvgIpc) is 3.25. The van der Waals surface area contributed by atoms with Crippen LogP contribution in [0.25, 0.3) is 16.9 Å². The van der Waals surface area contributed by atoms with Gasteiger partial charge in [0.15, 0.2) is 0 Å². The molecule has 0 aliphatic carbocycles. The third kappa shape index (κ3) is 4.69. The van der Waals surface area contributed by atoms with Crippen molar-refractivity contribution in [1.82, 2.24) is 18.9 Å². The van der Waals surface area contributed by atoms with Crippen molar-refractivity contribution in [2.45, 2.75) is 27.0 Å². The summed E-state index contributed by atoms with van der Waals surface area (Å²) in [4.78, 5) is 36.2. The Morgan fingerprint density at radius 3 is 2.48 bits per heavy atom. The largest absolute Gasteiger partial charge is 0.459 e. The molecule has 0 aliphatic heterocycles. The molecule has 33 heavy (non-hydrogen) atoms. The number of hydrogen-bond donors (Lipinski definition) is 0. The summed E-state index contributed by atoms with van der Waals surface area (Å²) in [5.74, 6) is -0.589. The zero-order chi connectivity index (χ0) is 23.5. The Hall–Kier alpha value is -4.20. The van der Waals surface area contributed by atoms with Gasteiger partial charge in [-0.15, -0.1) is 0 Å². The van der Waals surface area contributed by atoms with Crippen molar-refractivity contribution in [2.75, 3.05) is 0 Å². The van der Waals surface area contributed by atoms with Crippen LogP contribution in [0.1, 0.15) is 16.7 Å². The highest BCUT2D eigenvalue weighted by molar-refractivity contribution is 5.70. The second-order valence-corrected chi connectivity index (χ2v) is 7.87. The fraction of sp³-hybridized carbons (Fsp3) is 0.200. The first-order valence-corrected chi connectivity index (χ1v) is 10.5. The lowest BCUT2D eigenvalue weighted by atomic mass is 10.0. The van der Waals surface area contributed by atoms with E-state index < -0.39 is 17.2 Å². The van der Waals surface area contributed by atoms with Crippen LogP contribution in [0, 0.1) is 13.8 Å². The highest BCUT2D eigenvalue weighted by atomic mass is 16.5. The molecule has 0 fully saturated rings. The van der Waals surface area contributed by atoms with E-state index >= 15 is 0 Å². The second-order valence-electron chi connectivity index (χ2n) is 7.87. The molecule has 0 atom stereocenters. The van der Waals surface area contributed by atoms with Crippen molar-refractivity contribution in [2.24, 2.45) is 7.05 Å². The van der Waals surface area contributed by atoms with E-state index in [2.05, 4.69) is 6.07 Å². The molecule has 2 heterocycles. The predicted molar refractivity (Wildman–Crippen MR) is 124 cm³/mol. The van der Waals surface area contributed by atoms with Crippen LogP contribution >= 0.6 is 0 Å². The van der Waals surface area contributed by atoms with Gasteiger partial charge < -0.3 is 4.74 Å². The number of hydrogen-bond acceptors (Lipinski definition) is 5. The first-order valence-electron chi connectivity index (χ1n) is 10.5. The molecule has 0 saturated carbocycles. The van der Waals surface area contributed by atoms with E-state index in [0.29, 0.717) is 5.69 Å². The lowest BCUT2D eigenvalue weighted by Crippen LogP contribution is -2.38. The summed E-state index contributed by atoms with van der Waals surface area (Å²) in [5.41, 5.74) is 4.57. The van der Waals surface area contributed by atoms with Crippen LogP contribution in [-0.4, -0.2) is 24.9 Å². The Kier molecular flexibility index (Phi) is 6.08. The summed E-state index contributed by atoms with van der Waals surface area (Å²) in [6, 6.07) is 17.0. The number of carbonyl (C=O) groups is 1. The third-order valence-corrected chi connectivity index (χ3v) is 5.54. The molecule has 0 N–H and O–H groups in total. The Bertz CT molecular complexity index is 1430. The SMILES string of the molecule is Cc1ccc(-c2nn(-c3ccccc3)cc2COC(=O)Cn2ccc(=O)n(C)c2=O)cc1C. The smallest absolute Gasteiger partial charge is 0.331 e. The number of nitrogens with zero attached hydrogens (tertiary/aromatic N) is 4. The van der Waals surface area contributed by atoms with Gasteiger partial charge in [0.05, 0.1) is 11.4 Å². The summed E-state index contributed by atoms with van der Waals surface area (Å²) in [6.45, 7) is 3.79. The number of para-hydroxylation sites is 1. The maximum Gasteiger partial charge on any atom is 0.331 e. The molecule has 0 saturated heterocycles. The monoisotopic (exact) mass is 444 g/mol. The number of ether oxygens (including phenoxy) is 1. The van der Waals surface area contributed by atoms with Crippen molar-refractivity contribution in [1.29, 1.82) is 0 Å². The zero-order valence-corrected chi connectivity index (χ0v) is 18.7. The predicted octanol–water partition coefficient (Wildman–Crippen LogP) is 2.76. The number of rotatable bonds is 6. The van der Waals surface area contributed by atoms with Gasteiger partial charge in [0.25, 0.3) is 5.56 Å². The molecule has 0 unspecified atom stereocenters. The van der Waals surface area contributed by atoms with Gasteiger partial charge in [-0.05, 0) is 43.2 Å². The van der Waals surface area contributed by atoms with Crippen molar-refractivity contribution in [3.8, 4) is 16.9 Å². The lowest BCUT2D eigenvalue weighted by Gasteiger charge is -2.08. The number of esters is 1. The van der Waals surface area contributed by atoms with E-state index in [-0.39, 0.29) is 13.2 Å². The molecule has 8 nitrogen and oxygen atoms in total. The minimum Gasteiger partial charge on any atom is -0.459 e. The summed E-state index contributed by atoms with van der Waals surface area (Å²) < 4.78 is 9.32. The van der Waals surface area contributed by atoms with Crippen LogP contribution in [-0.2, 0) is 29.7 Å². The molecule has 0 aliphatic rings. The molecular weight excluding hydrogens is 420 g/mol. The van der Waals surface area contributed by atoms with E-state index in [1.165, 1.54) is 24.9 Å². The fourth-order valence-corrected chi connectivity index (χ4v) is 3.44. The molecule has 8 heteroatoms. The molecule has 4 rings (SSSR count). The number of carbonyl (C=O) groups excluding carboxylic acids is 1. The molecule has 2 aromatic heterocycles. The van der Waals surface area contributed by atoms with Crippen LogP contribution in [0.15, 0.2) is 76.6 Å². The molecule has 0 radical (unpaired) electrons. The average molecular weight is 444 g/mol. The Balaban J connectivity index is 1.61. The van der Waals surface area contributed by atoms with Gasteiger partial charge in [0.2, 0.25) is 0 Å². The van der Waals surface area contributed by atoms with Crippen molar-refractivity contribution in [3.63, 3.8) is 0 Å². The van der Waals surface area contributed by atoms with E-state index in [9.17, 15) is 14.4 Å². The first kappa shape index (κ1) is 22.0. The Labute approximate surface area is 190 Å². The number of aromatic nitrogens is 4. The third-order valence-electron chi connectivity index (χ3n) is 5.54. The molecular formula is C25H24N4O4. The van der Waals surface area contributed by atoms with Crippen LogP contribution in [0.2, 0.25) is 0 Å². The summed E-state index contributed by atoms with van der Waals surface area (Å²) >= 11 is 0. The van der Waals surface area contributed by atoms with Crippen LogP contribution < -0.4 is 11.2 Å². The van der Waals surface area contributed by atoms with Gasteiger partial charge in [-0.3, -0.25) is 18.7 Å². The summed E-state index contributed by atoms with van der Waals surface area (Å²) in [6.07, 6.45) is 3.13. The summed E-state index contributed by atoms with van der Waals surface area (Å²) in [5, 5.41) is 4.75. The Morgan fingerprint density at radius 1 is 1.00 bits per heavy atom. The standard InChI is InChI=1S/C25H24N4O4/c1-17-9-10-19(13-18(17)2)24-20(14-29(26-24)21-7-5-4-6-8-21)16-33-23(31)15-28-12-11-22(30)27(3)25(28)32/h4-14H,15-16H2,1-3H3. The molecule has 0 bridgehead atoms. The van der Waals surface area contributed by atoms with Crippen molar-refractivity contribution < 1.29 is 9.53 Å². The summed E-state index contributed by atoms with van der Waals surface area (Å²) in [7, 11) is 1.36. The van der Waals surface area contributed by atoms with Gasteiger partial charge in [-0.2, -0.15) is 5.10 Å². The topological polar surface area (TPSA) is 88.1 Å². The first-order chi connectivity index (χ1) is 15.8. The second kappa shape index (κ2) is 9.12. The highest BCUT2D eigenvalue weighted by Gasteiger charge is 2.16. The number of benzene rings is 2. The van der Waals surface area contributed by atoms with Crippen LogP contribution in [0.3, 0.4) is 0 Å². The number of aryl methyl sites for hydroxylation is 2. The minimum absolute atomic E-state index is 0.00552. The molecule has 0 amide bonds. The van der Waals surface area contributed by atoms with E-state index in [1.807, 2.05) is 62.5 Å². The normalized spacial score (nSPS) is 10.9. The van der Waals surface area contributed by atoms with Gasteiger partial charge >= 0.3 is 11.7 Å². The highest BCUT2D eigenvalue weighted by Crippen LogP contribution is 2.26. The van der Waals surface area contributed by atoms with Crippen molar-refractivity contribution in [3.05, 3.63) is 105 Å². The van der Waals surface area contributed by atoms with Gasteiger partial charge in [-0.25, -0.2) is 9.48 Å². The molecule has 2 aromatic carbocycles. The maximum atomic E-state index is 12.5. The van der Waals surface area contributed by atoms with Gasteiger partial charge in [0, 0.05) is 36.6 Å². The van der Waals surface area contributed by atoms with Crippen LogP contribution in [0.5, 0.6) is 0 Å². The van der Waals surface area contributed by atoms with Gasteiger partial charge in [-0.1, -0.05) is 30.3 Å². The molecule has 168 valence electrons. The minimum atomic E-state index is -0.589. The van der Waals surface area contributed by atoms with Crippen molar-refractivity contribution >= 4 is 5.97 Å². The quantitative estimate of drug-likeness (QED) is 0.427. The van der Waals surface area contributed by atoms with Gasteiger partial charge in [0.1, 0.15) is 13.2 Å². The van der Waals surface area contributed by atoms with E-state index in [0.717, 1.165) is 31.5 Å². The molecule has 0 spiro atoms. The lowest BCUT2D eigenvalue weighted by molar-refractivity contribution is -0.145. The maximum absolute atomic E-state index is 12.5. The molecule has 4 aromatic rings. The fourth-order valence-electron chi connectivity index (χ4n) is 3.44. The van der Waals surface area contributed by atoms with Crippen LogP contribution in [0.4, 0.5) is 0 Å². The van der Waals surface area contributed by atoms with E-state index in [1.54, 1.807) is 4.68 Å². The zero-order valence-electron chi connectivity index (χ0n) is 18.7.